The molecule has 1 atom stereocenters. The maximum Gasteiger partial charge on any atom is 0.244 e. The highest BCUT2D eigenvalue weighted by Crippen LogP contribution is 2.04. The van der Waals surface area contributed by atoms with Crippen molar-refractivity contribution in [2.75, 3.05) is 13.1 Å². The number of rotatable bonds is 3. The minimum Gasteiger partial charge on any atom is -0.348 e. The monoisotopic (exact) mass is 234 g/mol. The zero-order chi connectivity index (χ0) is 12.1. The van der Waals surface area contributed by atoms with E-state index in [-0.39, 0.29) is 17.8 Å². The number of carbonyl (C=O) groups excluding carboxylic acids is 1. The molecule has 0 radical (unpaired) electrons. The second kappa shape index (κ2) is 5.59. The highest BCUT2D eigenvalue weighted by atomic mass is 19.1. The van der Waals surface area contributed by atoms with Gasteiger partial charge in [0.15, 0.2) is 0 Å². The van der Waals surface area contributed by atoms with Gasteiger partial charge in [-0.05, 0) is 36.7 Å². The molecule has 0 bridgehead atoms. The molecule has 1 aliphatic heterocycles. The third kappa shape index (κ3) is 3.67. The van der Waals surface area contributed by atoms with Gasteiger partial charge in [0.1, 0.15) is 5.82 Å². The average Bonchev–Trinajstić information content (AvgIpc) is 2.81. The average molecular weight is 234 g/mol. The third-order valence-electron chi connectivity index (χ3n) is 2.70. The van der Waals surface area contributed by atoms with Gasteiger partial charge < -0.3 is 10.6 Å². The molecule has 1 fully saturated rings. The summed E-state index contributed by atoms with van der Waals surface area (Å²) in [5.41, 5.74) is 0.811. The molecule has 1 aliphatic rings. The standard InChI is InChI=1S/C13H15FN2O/c14-11-4-1-10(2-5-11)3-6-13(17)16-12-7-8-15-9-12/h1-6,12,15H,7-9H2,(H,16,17)/t12-/m0/s1. The van der Waals surface area contributed by atoms with Crippen LogP contribution in [0.2, 0.25) is 0 Å². The van der Waals surface area contributed by atoms with E-state index in [0.717, 1.165) is 25.1 Å². The van der Waals surface area contributed by atoms with Gasteiger partial charge in [-0.2, -0.15) is 0 Å². The van der Waals surface area contributed by atoms with E-state index in [1.807, 2.05) is 0 Å². The predicted octanol–water partition coefficient (Wildman–Crippen LogP) is 1.32. The number of hydrogen-bond donors (Lipinski definition) is 2. The lowest BCUT2D eigenvalue weighted by Gasteiger charge is -2.08. The fourth-order valence-electron chi connectivity index (χ4n) is 1.77. The summed E-state index contributed by atoms with van der Waals surface area (Å²) in [6.07, 6.45) is 4.12. The Hall–Kier alpha value is -1.68. The third-order valence-corrected chi connectivity index (χ3v) is 2.70. The van der Waals surface area contributed by atoms with Crippen molar-refractivity contribution in [2.45, 2.75) is 12.5 Å². The number of nitrogens with one attached hydrogen (secondary N) is 2. The Morgan fingerprint density at radius 2 is 2.18 bits per heavy atom. The highest BCUT2D eigenvalue weighted by molar-refractivity contribution is 5.91. The van der Waals surface area contributed by atoms with Gasteiger partial charge in [0.25, 0.3) is 0 Å². The Labute approximate surface area is 99.7 Å². The molecule has 3 nitrogen and oxygen atoms in total. The van der Waals surface area contributed by atoms with E-state index in [1.165, 1.54) is 18.2 Å². The van der Waals surface area contributed by atoms with Gasteiger partial charge in [-0.25, -0.2) is 4.39 Å². The molecule has 2 rings (SSSR count). The fraction of sp³-hybridized carbons (Fsp3) is 0.308. The molecule has 0 saturated carbocycles. The van der Waals surface area contributed by atoms with E-state index < -0.39 is 0 Å². The number of benzene rings is 1. The largest absolute Gasteiger partial charge is 0.348 e. The summed E-state index contributed by atoms with van der Waals surface area (Å²) < 4.78 is 12.6. The number of hydrogen-bond acceptors (Lipinski definition) is 2. The summed E-state index contributed by atoms with van der Waals surface area (Å²) in [7, 11) is 0. The summed E-state index contributed by atoms with van der Waals surface area (Å²) >= 11 is 0. The van der Waals surface area contributed by atoms with Crippen LogP contribution in [0, 0.1) is 5.82 Å². The molecule has 90 valence electrons. The van der Waals surface area contributed by atoms with Crippen LogP contribution < -0.4 is 10.6 Å². The van der Waals surface area contributed by atoms with E-state index in [1.54, 1.807) is 18.2 Å². The smallest absolute Gasteiger partial charge is 0.244 e. The summed E-state index contributed by atoms with van der Waals surface area (Å²) in [5.74, 6) is -0.383. The zero-order valence-electron chi connectivity index (χ0n) is 9.45. The highest BCUT2D eigenvalue weighted by Gasteiger charge is 2.14. The van der Waals surface area contributed by atoms with Crippen molar-refractivity contribution < 1.29 is 9.18 Å². The van der Waals surface area contributed by atoms with E-state index in [2.05, 4.69) is 10.6 Å². The van der Waals surface area contributed by atoms with E-state index >= 15 is 0 Å². The first kappa shape index (κ1) is 11.8. The Kier molecular flexibility index (Phi) is 3.88. The SMILES string of the molecule is O=C(C=Cc1ccc(F)cc1)N[C@H]1CCNC1. The van der Waals surface area contributed by atoms with Gasteiger partial charge >= 0.3 is 0 Å². The van der Waals surface area contributed by atoms with E-state index in [9.17, 15) is 9.18 Å². The van der Waals surface area contributed by atoms with E-state index in [4.69, 9.17) is 0 Å². The van der Waals surface area contributed by atoms with Crippen LogP contribution in [-0.4, -0.2) is 25.0 Å². The summed E-state index contributed by atoms with van der Waals surface area (Å²) in [6, 6.07) is 6.24. The Morgan fingerprint density at radius 3 is 2.82 bits per heavy atom. The molecule has 0 aliphatic carbocycles. The minimum atomic E-state index is -0.274. The molecule has 0 spiro atoms. The summed E-state index contributed by atoms with van der Waals surface area (Å²) in [6.45, 7) is 1.78. The van der Waals surface area contributed by atoms with Gasteiger partial charge in [0, 0.05) is 18.7 Å². The Bertz CT molecular complexity index is 408. The molecule has 17 heavy (non-hydrogen) atoms. The minimum absolute atomic E-state index is 0.108. The second-order valence-electron chi connectivity index (χ2n) is 4.08. The van der Waals surface area contributed by atoms with Crippen LogP contribution in [0.15, 0.2) is 30.3 Å². The first-order valence-corrected chi connectivity index (χ1v) is 5.69. The van der Waals surface area contributed by atoms with Gasteiger partial charge in [-0.15, -0.1) is 0 Å². The normalized spacial score (nSPS) is 19.7. The van der Waals surface area contributed by atoms with Crippen LogP contribution in [0.4, 0.5) is 4.39 Å². The van der Waals surface area contributed by atoms with Crippen LogP contribution >= 0.6 is 0 Å². The quantitative estimate of drug-likeness (QED) is 0.774. The molecule has 4 heteroatoms. The lowest BCUT2D eigenvalue weighted by molar-refractivity contribution is -0.117. The zero-order valence-corrected chi connectivity index (χ0v) is 9.45. The molecule has 1 aromatic rings. The maximum atomic E-state index is 12.6. The van der Waals surface area contributed by atoms with Gasteiger partial charge in [0.2, 0.25) is 5.91 Å². The van der Waals surface area contributed by atoms with Crippen molar-refractivity contribution in [2.24, 2.45) is 0 Å². The van der Waals surface area contributed by atoms with Crippen molar-refractivity contribution in [1.82, 2.24) is 10.6 Å². The molecule has 1 heterocycles. The molecule has 1 aromatic carbocycles. The van der Waals surface area contributed by atoms with Crippen LogP contribution in [0.25, 0.3) is 6.08 Å². The topological polar surface area (TPSA) is 41.1 Å². The van der Waals surface area contributed by atoms with Crippen molar-refractivity contribution in [3.8, 4) is 0 Å². The molecule has 0 unspecified atom stereocenters. The first-order valence-electron chi connectivity index (χ1n) is 5.69. The van der Waals surface area contributed by atoms with Crippen LogP contribution in [0.5, 0.6) is 0 Å². The van der Waals surface area contributed by atoms with E-state index in [0.29, 0.717) is 0 Å². The molecule has 1 amide bonds. The first-order chi connectivity index (χ1) is 8.24. The Morgan fingerprint density at radius 1 is 1.41 bits per heavy atom. The van der Waals surface area contributed by atoms with Crippen molar-refractivity contribution in [3.63, 3.8) is 0 Å². The molecular weight excluding hydrogens is 219 g/mol. The van der Waals surface area contributed by atoms with Crippen LogP contribution in [0.1, 0.15) is 12.0 Å². The number of amides is 1. The number of halogens is 1. The predicted molar refractivity (Wildman–Crippen MR) is 64.9 cm³/mol. The molecule has 2 N–H and O–H groups in total. The van der Waals surface area contributed by atoms with Crippen LogP contribution in [-0.2, 0) is 4.79 Å². The Balaban J connectivity index is 1.86. The van der Waals surface area contributed by atoms with Crippen molar-refractivity contribution in [1.29, 1.82) is 0 Å². The van der Waals surface area contributed by atoms with Gasteiger partial charge in [-0.3, -0.25) is 4.79 Å². The lowest BCUT2D eigenvalue weighted by atomic mass is 10.2. The molecule has 1 saturated heterocycles. The van der Waals surface area contributed by atoms with Gasteiger partial charge in [0.05, 0.1) is 0 Å². The van der Waals surface area contributed by atoms with Crippen molar-refractivity contribution >= 4 is 12.0 Å². The van der Waals surface area contributed by atoms with Crippen LogP contribution in [0.3, 0.4) is 0 Å². The van der Waals surface area contributed by atoms with Gasteiger partial charge in [-0.1, -0.05) is 12.1 Å². The fourth-order valence-corrected chi connectivity index (χ4v) is 1.77. The lowest BCUT2D eigenvalue weighted by Crippen LogP contribution is -2.34. The maximum absolute atomic E-state index is 12.6. The second-order valence-corrected chi connectivity index (χ2v) is 4.08. The van der Waals surface area contributed by atoms with Crippen molar-refractivity contribution in [3.05, 3.63) is 41.7 Å². The summed E-state index contributed by atoms with van der Waals surface area (Å²) in [5, 5.41) is 6.08. The number of carbonyl (C=O) groups is 1. The summed E-state index contributed by atoms with van der Waals surface area (Å²) in [4.78, 5) is 11.5. The molecular formula is C13H15FN2O. The molecule has 0 aromatic heterocycles.